The van der Waals surface area contributed by atoms with Gasteiger partial charge in [-0.05, 0) is 65.4 Å². The predicted molar refractivity (Wildman–Crippen MR) is 90.3 cm³/mol. The summed E-state index contributed by atoms with van der Waals surface area (Å²) in [6.07, 6.45) is 5.09. The molecule has 1 N–H and O–H groups in total. The zero-order valence-corrected chi connectivity index (χ0v) is 13.9. The zero-order chi connectivity index (χ0) is 15.5. The summed E-state index contributed by atoms with van der Waals surface area (Å²) in [4.78, 5) is 0. The normalized spacial score (nSPS) is 16.6. The quantitative estimate of drug-likeness (QED) is 0.736. The van der Waals surface area contributed by atoms with Crippen molar-refractivity contribution in [2.24, 2.45) is 0 Å². The minimum Gasteiger partial charge on any atom is -0.390 e. The summed E-state index contributed by atoms with van der Waals surface area (Å²) in [5.41, 5.74) is 6.96. The molecular formula is C20H28O. The molecule has 0 saturated heterocycles. The first-order valence-electron chi connectivity index (χ1n) is 7.96. The largest absolute Gasteiger partial charge is 0.390 e. The molecule has 1 nitrogen and oxygen atoms in total. The number of benzene rings is 1. The maximum Gasteiger partial charge on any atom is 0.0594 e. The number of rotatable bonds is 5. The van der Waals surface area contributed by atoms with Crippen molar-refractivity contribution in [3.05, 3.63) is 58.2 Å². The third-order valence-electron chi connectivity index (χ3n) is 4.48. The van der Waals surface area contributed by atoms with Crippen molar-refractivity contribution in [1.29, 1.82) is 0 Å². The van der Waals surface area contributed by atoms with Crippen LogP contribution in [0.15, 0.2) is 52.6 Å². The average molecular weight is 284 g/mol. The first-order valence-corrected chi connectivity index (χ1v) is 7.96. The fourth-order valence-corrected chi connectivity index (χ4v) is 2.94. The molecular weight excluding hydrogens is 256 g/mol. The molecule has 0 radical (unpaired) electrons. The number of hydrogen-bond acceptors (Lipinski definition) is 1. The van der Waals surface area contributed by atoms with Gasteiger partial charge in [-0.25, -0.2) is 0 Å². The van der Waals surface area contributed by atoms with Crippen molar-refractivity contribution in [3.63, 3.8) is 0 Å². The van der Waals surface area contributed by atoms with Gasteiger partial charge in [0.2, 0.25) is 0 Å². The van der Waals surface area contributed by atoms with Crippen molar-refractivity contribution < 1.29 is 5.11 Å². The number of aliphatic hydroxyl groups is 1. The van der Waals surface area contributed by atoms with Gasteiger partial charge in [-0.1, -0.05) is 52.6 Å². The molecule has 2 rings (SSSR count). The Kier molecular flexibility index (Phi) is 5.05. The molecule has 1 aromatic carbocycles. The van der Waals surface area contributed by atoms with Crippen LogP contribution in [0.25, 0.3) is 0 Å². The Morgan fingerprint density at radius 2 is 1.52 bits per heavy atom. The van der Waals surface area contributed by atoms with Gasteiger partial charge in [0, 0.05) is 0 Å². The van der Waals surface area contributed by atoms with Crippen LogP contribution in [0.4, 0.5) is 0 Å². The molecule has 114 valence electrons. The van der Waals surface area contributed by atoms with Gasteiger partial charge in [0.25, 0.3) is 0 Å². The maximum atomic E-state index is 10.0. The third kappa shape index (κ3) is 4.86. The molecule has 1 aliphatic carbocycles. The van der Waals surface area contributed by atoms with Crippen LogP contribution < -0.4 is 0 Å². The number of hydrogen-bond donors (Lipinski definition) is 1. The minimum absolute atomic E-state index is 0.574. The molecule has 1 aromatic rings. The number of allylic oxidation sites excluding steroid dienone is 4. The van der Waals surface area contributed by atoms with E-state index in [1.165, 1.54) is 16.7 Å². The lowest BCUT2D eigenvalue weighted by molar-refractivity contribution is 0.0711. The second kappa shape index (κ2) is 6.62. The van der Waals surface area contributed by atoms with Crippen molar-refractivity contribution in [3.8, 4) is 0 Å². The summed E-state index contributed by atoms with van der Waals surface area (Å²) >= 11 is 0. The van der Waals surface area contributed by atoms with Crippen molar-refractivity contribution in [1.82, 2.24) is 0 Å². The molecule has 0 saturated carbocycles. The molecule has 1 aliphatic rings. The van der Waals surface area contributed by atoms with E-state index in [2.05, 4.69) is 44.2 Å². The molecule has 0 atom stereocenters. The van der Waals surface area contributed by atoms with Crippen LogP contribution in [0, 0.1) is 0 Å². The van der Waals surface area contributed by atoms with Crippen LogP contribution in [0.1, 0.15) is 58.9 Å². The van der Waals surface area contributed by atoms with Crippen molar-refractivity contribution >= 4 is 0 Å². The zero-order valence-electron chi connectivity index (χ0n) is 13.9. The van der Waals surface area contributed by atoms with E-state index in [1.54, 1.807) is 11.1 Å². The van der Waals surface area contributed by atoms with E-state index in [9.17, 15) is 5.11 Å². The summed E-state index contributed by atoms with van der Waals surface area (Å²) in [5, 5.41) is 10.0. The van der Waals surface area contributed by atoms with Gasteiger partial charge in [0.1, 0.15) is 0 Å². The standard InChI is InChI=1S/C20H28O/c1-15-12-18(10-11-20(3,4)21)19(13-16(15)2)14-17-8-6-5-7-9-17/h5-9,21H,10-14H2,1-4H3. The highest BCUT2D eigenvalue weighted by Crippen LogP contribution is 2.34. The molecule has 0 fully saturated rings. The molecule has 0 aliphatic heterocycles. The lowest BCUT2D eigenvalue weighted by Crippen LogP contribution is -2.19. The maximum absolute atomic E-state index is 10.0. The third-order valence-corrected chi connectivity index (χ3v) is 4.48. The molecule has 0 heterocycles. The summed E-state index contributed by atoms with van der Waals surface area (Å²) in [7, 11) is 0. The second-order valence-corrected chi connectivity index (χ2v) is 7.10. The van der Waals surface area contributed by atoms with E-state index in [0.717, 1.165) is 32.1 Å². The van der Waals surface area contributed by atoms with Crippen molar-refractivity contribution in [2.45, 2.75) is 65.4 Å². The van der Waals surface area contributed by atoms with E-state index in [4.69, 9.17) is 0 Å². The van der Waals surface area contributed by atoms with E-state index < -0.39 is 5.60 Å². The molecule has 0 spiro atoms. The Bertz CT molecular complexity index is 541. The molecule has 21 heavy (non-hydrogen) atoms. The van der Waals surface area contributed by atoms with Crippen LogP contribution in [-0.2, 0) is 6.42 Å². The Morgan fingerprint density at radius 1 is 0.952 bits per heavy atom. The van der Waals surface area contributed by atoms with E-state index in [1.807, 2.05) is 13.8 Å². The summed E-state index contributed by atoms with van der Waals surface area (Å²) in [5.74, 6) is 0. The van der Waals surface area contributed by atoms with Gasteiger partial charge in [0.05, 0.1) is 5.60 Å². The molecule has 0 aromatic heterocycles. The fourth-order valence-electron chi connectivity index (χ4n) is 2.94. The topological polar surface area (TPSA) is 20.2 Å². The highest BCUT2D eigenvalue weighted by Gasteiger charge is 2.19. The van der Waals surface area contributed by atoms with Gasteiger partial charge in [-0.2, -0.15) is 0 Å². The molecule has 0 unspecified atom stereocenters. The Balaban J connectivity index is 2.17. The Hall–Kier alpha value is -1.34. The predicted octanol–water partition coefficient (Wildman–Crippen LogP) is 5.21. The Labute approximate surface area is 129 Å². The summed E-state index contributed by atoms with van der Waals surface area (Å²) in [6, 6.07) is 10.7. The molecule has 0 bridgehead atoms. The van der Waals surface area contributed by atoms with Crippen LogP contribution >= 0.6 is 0 Å². The van der Waals surface area contributed by atoms with Crippen molar-refractivity contribution in [2.75, 3.05) is 0 Å². The fraction of sp³-hybridized carbons (Fsp3) is 0.500. The summed E-state index contributed by atoms with van der Waals surface area (Å²) in [6.45, 7) is 8.31. The van der Waals surface area contributed by atoms with Gasteiger partial charge >= 0.3 is 0 Å². The highest BCUT2D eigenvalue weighted by atomic mass is 16.3. The summed E-state index contributed by atoms with van der Waals surface area (Å²) < 4.78 is 0. The SMILES string of the molecule is CC1=C(C)CC(Cc2ccccc2)=C(CCC(C)(C)O)C1. The van der Waals surface area contributed by atoms with Crippen LogP contribution in [0.5, 0.6) is 0 Å². The van der Waals surface area contributed by atoms with E-state index in [-0.39, 0.29) is 0 Å². The first kappa shape index (κ1) is 16.0. The van der Waals surface area contributed by atoms with Gasteiger partial charge in [-0.3, -0.25) is 0 Å². The lowest BCUT2D eigenvalue weighted by atomic mass is 9.81. The smallest absolute Gasteiger partial charge is 0.0594 e. The van der Waals surface area contributed by atoms with Gasteiger partial charge < -0.3 is 5.11 Å². The molecule has 1 heteroatoms. The highest BCUT2D eigenvalue weighted by molar-refractivity contribution is 5.36. The average Bonchev–Trinajstić information content (AvgIpc) is 2.41. The van der Waals surface area contributed by atoms with Crippen LogP contribution in [0.3, 0.4) is 0 Å². The van der Waals surface area contributed by atoms with Gasteiger partial charge in [-0.15, -0.1) is 0 Å². The van der Waals surface area contributed by atoms with E-state index >= 15 is 0 Å². The second-order valence-electron chi connectivity index (χ2n) is 7.10. The van der Waals surface area contributed by atoms with E-state index in [0.29, 0.717) is 0 Å². The monoisotopic (exact) mass is 284 g/mol. The lowest BCUT2D eigenvalue weighted by Gasteiger charge is -2.26. The Morgan fingerprint density at radius 3 is 2.10 bits per heavy atom. The van der Waals surface area contributed by atoms with Crippen LogP contribution in [-0.4, -0.2) is 10.7 Å². The molecule has 0 amide bonds. The first-order chi connectivity index (χ1) is 9.85. The van der Waals surface area contributed by atoms with Crippen LogP contribution in [0.2, 0.25) is 0 Å². The van der Waals surface area contributed by atoms with Gasteiger partial charge in [0.15, 0.2) is 0 Å². The minimum atomic E-state index is -0.574.